The lowest BCUT2D eigenvalue weighted by atomic mass is 10.0. The standard InChI is InChI=1S/C74H140NO8P/c1-6-8-10-12-14-16-18-20-22-24-26-28-29-30-31-32-33-34-35-36-37-38-39-40-41-42-43-44-45-47-49-51-53-55-57-59-61-63-65-67-74(77)83-72(71-82-84(78,79)81-69-68-75(3,4)5)70-80-73(76)66-64-62-60-58-56-54-52-50-48-46-27-25-23-21-19-17-15-13-11-9-7-2/h18-21,24-27,72H,6-17,22-23,28-71H2,1-5H3/b20-18-,21-19-,26-24-,27-25-. The van der Waals surface area contributed by atoms with Crippen LogP contribution >= 0.6 is 7.82 Å². The zero-order chi connectivity index (χ0) is 61.2. The third-order valence-electron chi connectivity index (χ3n) is 16.3. The highest BCUT2D eigenvalue weighted by Gasteiger charge is 2.22. The first-order valence-corrected chi connectivity index (χ1v) is 37.8. The molecule has 494 valence electrons. The highest BCUT2D eigenvalue weighted by molar-refractivity contribution is 7.45. The minimum atomic E-state index is -4.64. The molecule has 0 bridgehead atoms. The number of phosphoric acid groups is 1. The largest absolute Gasteiger partial charge is 0.756 e. The molecule has 0 aliphatic heterocycles. The molecular weight excluding hydrogens is 1060 g/mol. The van der Waals surface area contributed by atoms with Gasteiger partial charge in [0.1, 0.15) is 19.8 Å². The van der Waals surface area contributed by atoms with Crippen molar-refractivity contribution < 1.29 is 42.1 Å². The number of allylic oxidation sites excluding steroid dienone is 8. The van der Waals surface area contributed by atoms with Crippen molar-refractivity contribution in [3.8, 4) is 0 Å². The van der Waals surface area contributed by atoms with E-state index in [9.17, 15) is 19.0 Å². The molecule has 0 aromatic heterocycles. The van der Waals surface area contributed by atoms with E-state index in [0.717, 1.165) is 44.9 Å². The Morgan fingerprint density at radius 2 is 0.643 bits per heavy atom. The first-order valence-electron chi connectivity index (χ1n) is 36.3. The molecule has 0 heterocycles. The van der Waals surface area contributed by atoms with E-state index in [1.54, 1.807) is 0 Å². The van der Waals surface area contributed by atoms with Crippen LogP contribution in [-0.4, -0.2) is 70.0 Å². The van der Waals surface area contributed by atoms with Crippen molar-refractivity contribution in [2.24, 2.45) is 0 Å². The number of rotatable bonds is 68. The van der Waals surface area contributed by atoms with E-state index in [-0.39, 0.29) is 32.0 Å². The van der Waals surface area contributed by atoms with Gasteiger partial charge >= 0.3 is 11.9 Å². The predicted octanol–water partition coefficient (Wildman–Crippen LogP) is 23.0. The van der Waals surface area contributed by atoms with Crippen LogP contribution in [0, 0.1) is 0 Å². The SMILES string of the molecule is CCCCCCC/C=C\C/C=C\CCCCCCCCCCCCCCCCCCCCCCCCCCCCCC(=O)OC(COC(=O)CCCCCCCCCCC/C=C\C/C=C\CCCCCCC)COP(=O)([O-])OCC[N+](C)(C)C. The smallest absolute Gasteiger partial charge is 0.306 e. The minimum Gasteiger partial charge on any atom is -0.756 e. The van der Waals surface area contributed by atoms with E-state index in [4.69, 9.17) is 18.5 Å². The Kier molecular flexibility index (Phi) is 63.8. The first kappa shape index (κ1) is 82.0. The summed E-state index contributed by atoms with van der Waals surface area (Å²) in [4.78, 5) is 38.0. The number of unbranched alkanes of at least 4 members (excludes halogenated alkanes) is 46. The number of phosphoric ester groups is 1. The Morgan fingerprint density at radius 1 is 0.369 bits per heavy atom. The average Bonchev–Trinajstić information content (AvgIpc) is 3.61. The molecule has 0 fully saturated rings. The molecule has 0 amide bonds. The molecule has 0 aliphatic rings. The van der Waals surface area contributed by atoms with E-state index < -0.39 is 26.5 Å². The summed E-state index contributed by atoms with van der Waals surface area (Å²) in [6.07, 6.45) is 85.0. The van der Waals surface area contributed by atoms with Crippen molar-refractivity contribution in [2.75, 3.05) is 47.5 Å². The summed E-state index contributed by atoms with van der Waals surface area (Å²) in [6.45, 7) is 4.27. The lowest BCUT2D eigenvalue weighted by Crippen LogP contribution is -2.37. The normalized spacial score (nSPS) is 13.4. The summed E-state index contributed by atoms with van der Waals surface area (Å²) < 4.78 is 34.3. The molecule has 0 radical (unpaired) electrons. The Bertz CT molecular complexity index is 1560. The van der Waals surface area contributed by atoms with Gasteiger partial charge in [-0.25, -0.2) is 0 Å². The Morgan fingerprint density at radius 3 is 0.940 bits per heavy atom. The Balaban J connectivity index is 3.92. The molecule has 0 saturated heterocycles. The second-order valence-electron chi connectivity index (χ2n) is 26.0. The number of likely N-dealkylation sites (N-methyl/N-ethyl adjacent to an activating group) is 1. The van der Waals surface area contributed by atoms with Gasteiger partial charge in [0.2, 0.25) is 0 Å². The lowest BCUT2D eigenvalue weighted by molar-refractivity contribution is -0.870. The van der Waals surface area contributed by atoms with Crippen LogP contribution < -0.4 is 4.89 Å². The van der Waals surface area contributed by atoms with Gasteiger partial charge in [0.25, 0.3) is 7.82 Å². The van der Waals surface area contributed by atoms with Crippen molar-refractivity contribution in [2.45, 2.75) is 367 Å². The maximum Gasteiger partial charge on any atom is 0.306 e. The number of quaternary nitrogens is 1. The zero-order valence-electron chi connectivity index (χ0n) is 56.4. The van der Waals surface area contributed by atoms with Gasteiger partial charge in [-0.2, -0.15) is 0 Å². The molecule has 0 aliphatic carbocycles. The van der Waals surface area contributed by atoms with Crippen LogP contribution in [0.25, 0.3) is 0 Å². The highest BCUT2D eigenvalue weighted by Crippen LogP contribution is 2.38. The number of ether oxygens (including phenoxy) is 2. The Labute approximate surface area is 522 Å². The topological polar surface area (TPSA) is 111 Å². The lowest BCUT2D eigenvalue weighted by Gasteiger charge is -2.28. The Hall–Kier alpha value is -2.03. The number of hydrogen-bond acceptors (Lipinski definition) is 8. The molecule has 10 heteroatoms. The van der Waals surface area contributed by atoms with E-state index in [1.807, 2.05) is 21.1 Å². The van der Waals surface area contributed by atoms with Crippen LogP contribution in [0.2, 0.25) is 0 Å². The summed E-state index contributed by atoms with van der Waals surface area (Å²) >= 11 is 0. The first-order chi connectivity index (χ1) is 41.0. The number of carbonyl (C=O) groups is 2. The maximum atomic E-state index is 12.9. The molecule has 9 nitrogen and oxygen atoms in total. The van der Waals surface area contributed by atoms with Crippen LogP contribution in [0.1, 0.15) is 361 Å². The number of esters is 2. The number of nitrogens with zero attached hydrogens (tertiary/aromatic N) is 1. The van der Waals surface area contributed by atoms with Gasteiger partial charge in [-0.3, -0.25) is 14.2 Å². The fourth-order valence-corrected chi connectivity index (χ4v) is 11.5. The van der Waals surface area contributed by atoms with Gasteiger partial charge in [0, 0.05) is 12.8 Å². The van der Waals surface area contributed by atoms with Crippen LogP contribution in [0.5, 0.6) is 0 Å². The molecule has 0 aromatic rings. The fraction of sp³-hybridized carbons (Fsp3) is 0.865. The number of hydrogen-bond donors (Lipinski definition) is 0. The van der Waals surface area contributed by atoms with Gasteiger partial charge < -0.3 is 27.9 Å². The fourth-order valence-electron chi connectivity index (χ4n) is 10.7. The van der Waals surface area contributed by atoms with E-state index in [0.29, 0.717) is 17.4 Å². The van der Waals surface area contributed by atoms with Gasteiger partial charge in [0.05, 0.1) is 27.7 Å². The molecule has 0 spiro atoms. The second-order valence-corrected chi connectivity index (χ2v) is 27.4. The third-order valence-corrected chi connectivity index (χ3v) is 17.3. The van der Waals surface area contributed by atoms with Gasteiger partial charge in [-0.15, -0.1) is 0 Å². The van der Waals surface area contributed by atoms with Crippen LogP contribution in [0.15, 0.2) is 48.6 Å². The molecule has 0 N–H and O–H groups in total. The summed E-state index contributed by atoms with van der Waals surface area (Å²) in [5.41, 5.74) is 0. The van der Waals surface area contributed by atoms with Crippen LogP contribution in [0.4, 0.5) is 0 Å². The van der Waals surface area contributed by atoms with E-state index in [1.165, 1.54) is 283 Å². The molecule has 0 saturated carbocycles. The van der Waals surface area contributed by atoms with Crippen molar-refractivity contribution >= 4 is 19.8 Å². The maximum absolute atomic E-state index is 12.9. The predicted molar refractivity (Wildman–Crippen MR) is 360 cm³/mol. The van der Waals surface area contributed by atoms with Gasteiger partial charge in [-0.1, -0.05) is 319 Å². The quantitative estimate of drug-likeness (QED) is 0.0195. The van der Waals surface area contributed by atoms with E-state index >= 15 is 0 Å². The molecule has 0 aromatic carbocycles. The van der Waals surface area contributed by atoms with Crippen molar-refractivity contribution in [3.05, 3.63) is 48.6 Å². The highest BCUT2D eigenvalue weighted by atomic mass is 31.2. The van der Waals surface area contributed by atoms with Gasteiger partial charge in [0.15, 0.2) is 6.10 Å². The third kappa shape index (κ3) is 69.1. The van der Waals surface area contributed by atoms with Crippen LogP contribution in [0.3, 0.4) is 0 Å². The van der Waals surface area contributed by atoms with E-state index in [2.05, 4.69) is 62.5 Å². The molecule has 0 rings (SSSR count). The molecule has 2 atom stereocenters. The second kappa shape index (κ2) is 65.4. The summed E-state index contributed by atoms with van der Waals surface area (Å²) in [7, 11) is 1.18. The number of carbonyl (C=O) groups excluding carboxylic acids is 2. The van der Waals surface area contributed by atoms with Gasteiger partial charge in [-0.05, 0) is 77.0 Å². The van der Waals surface area contributed by atoms with Crippen molar-refractivity contribution in [1.82, 2.24) is 0 Å². The average molecular weight is 1200 g/mol. The summed E-state index contributed by atoms with van der Waals surface area (Å²) in [5.74, 6) is -0.821. The zero-order valence-corrected chi connectivity index (χ0v) is 57.3. The summed E-state index contributed by atoms with van der Waals surface area (Å²) in [5, 5.41) is 0. The summed E-state index contributed by atoms with van der Waals surface area (Å²) in [6, 6.07) is 0. The van der Waals surface area contributed by atoms with Crippen molar-refractivity contribution in [3.63, 3.8) is 0 Å². The molecule has 84 heavy (non-hydrogen) atoms. The van der Waals surface area contributed by atoms with Crippen LogP contribution in [-0.2, 0) is 32.7 Å². The minimum absolute atomic E-state index is 0.0299. The van der Waals surface area contributed by atoms with Crippen molar-refractivity contribution in [1.29, 1.82) is 0 Å². The monoisotopic (exact) mass is 1200 g/mol. The molecule has 2 unspecified atom stereocenters. The molecular formula is C74H140NO8P.